The summed E-state index contributed by atoms with van der Waals surface area (Å²) in [7, 11) is 0. The van der Waals surface area contributed by atoms with Crippen LogP contribution in [0, 0.1) is 12.8 Å². The summed E-state index contributed by atoms with van der Waals surface area (Å²) in [6.45, 7) is 6.61. The van der Waals surface area contributed by atoms with E-state index in [9.17, 15) is 0 Å². The van der Waals surface area contributed by atoms with E-state index >= 15 is 0 Å². The van der Waals surface area contributed by atoms with Crippen LogP contribution in [-0.4, -0.2) is 13.1 Å². The lowest BCUT2D eigenvalue weighted by Crippen LogP contribution is -2.25. The van der Waals surface area contributed by atoms with Gasteiger partial charge in [-0.15, -0.1) is 0 Å². The maximum absolute atomic E-state index is 6.19. The summed E-state index contributed by atoms with van der Waals surface area (Å²) in [5, 5.41) is 4.84. The Bertz CT molecular complexity index is 572. The Morgan fingerprint density at radius 3 is 3.00 bits per heavy atom. The molecule has 0 saturated heterocycles. The van der Waals surface area contributed by atoms with E-state index in [0.29, 0.717) is 5.92 Å². The standard InChI is InChI=1S/C18H25NO/c1-3-10-19-12-15-8-5-9-16(15)17-11-14-7-4-6-13(2)18(14)20-17/h4,6-7,11,15-16,19H,3,5,8-10,12H2,1-2H3. The Kier molecular flexibility index (Phi) is 4.11. The van der Waals surface area contributed by atoms with Gasteiger partial charge in [0.25, 0.3) is 0 Å². The van der Waals surface area contributed by atoms with Gasteiger partial charge in [0.05, 0.1) is 0 Å². The van der Waals surface area contributed by atoms with Gasteiger partial charge < -0.3 is 9.73 Å². The van der Waals surface area contributed by atoms with Crippen molar-refractivity contribution in [2.75, 3.05) is 13.1 Å². The molecular weight excluding hydrogens is 246 g/mol. The topological polar surface area (TPSA) is 25.2 Å². The smallest absolute Gasteiger partial charge is 0.137 e. The molecule has 1 aromatic heterocycles. The minimum atomic E-state index is 0.603. The molecule has 108 valence electrons. The van der Waals surface area contributed by atoms with Crippen LogP contribution in [-0.2, 0) is 0 Å². The Balaban J connectivity index is 1.80. The number of furan rings is 1. The van der Waals surface area contributed by atoms with Crippen LogP contribution in [0.2, 0.25) is 0 Å². The predicted octanol–water partition coefficient (Wildman–Crippen LogP) is 4.62. The Labute approximate surface area is 121 Å². The van der Waals surface area contributed by atoms with Crippen molar-refractivity contribution < 1.29 is 4.42 Å². The van der Waals surface area contributed by atoms with Gasteiger partial charge in [0.2, 0.25) is 0 Å². The van der Waals surface area contributed by atoms with E-state index in [2.05, 4.69) is 43.4 Å². The molecule has 0 spiro atoms. The van der Waals surface area contributed by atoms with Gasteiger partial charge in [-0.05, 0) is 56.8 Å². The fourth-order valence-electron chi connectivity index (χ4n) is 3.53. The van der Waals surface area contributed by atoms with E-state index in [-0.39, 0.29) is 0 Å². The van der Waals surface area contributed by atoms with Crippen molar-refractivity contribution >= 4 is 11.0 Å². The highest BCUT2D eigenvalue weighted by atomic mass is 16.3. The second-order valence-electron chi connectivity index (χ2n) is 6.14. The summed E-state index contributed by atoms with van der Waals surface area (Å²) < 4.78 is 6.19. The minimum Gasteiger partial charge on any atom is -0.460 e. The van der Waals surface area contributed by atoms with E-state index in [1.165, 1.54) is 42.4 Å². The molecule has 1 saturated carbocycles. The van der Waals surface area contributed by atoms with Crippen LogP contribution in [0.5, 0.6) is 0 Å². The van der Waals surface area contributed by atoms with Crippen LogP contribution in [0.25, 0.3) is 11.0 Å². The fourth-order valence-corrected chi connectivity index (χ4v) is 3.53. The maximum atomic E-state index is 6.19. The van der Waals surface area contributed by atoms with Crippen LogP contribution >= 0.6 is 0 Å². The number of nitrogens with one attached hydrogen (secondary N) is 1. The first-order valence-corrected chi connectivity index (χ1v) is 7.99. The number of benzene rings is 1. The Hall–Kier alpha value is -1.28. The Morgan fingerprint density at radius 1 is 1.30 bits per heavy atom. The van der Waals surface area contributed by atoms with Gasteiger partial charge in [-0.3, -0.25) is 0 Å². The van der Waals surface area contributed by atoms with E-state index in [1.807, 2.05) is 0 Å². The molecule has 1 fully saturated rings. The van der Waals surface area contributed by atoms with E-state index in [4.69, 9.17) is 4.42 Å². The van der Waals surface area contributed by atoms with E-state index < -0.39 is 0 Å². The summed E-state index contributed by atoms with van der Waals surface area (Å²) in [6.07, 6.45) is 5.15. The van der Waals surface area contributed by atoms with Crippen molar-refractivity contribution in [1.29, 1.82) is 0 Å². The lowest BCUT2D eigenvalue weighted by atomic mass is 9.93. The third-order valence-corrected chi connectivity index (χ3v) is 4.62. The molecule has 2 unspecified atom stereocenters. The molecule has 1 N–H and O–H groups in total. The fraction of sp³-hybridized carbons (Fsp3) is 0.556. The second-order valence-corrected chi connectivity index (χ2v) is 6.14. The minimum absolute atomic E-state index is 0.603. The van der Waals surface area contributed by atoms with Crippen LogP contribution in [0.1, 0.15) is 49.8 Å². The molecule has 0 aliphatic heterocycles. The molecule has 2 heteroatoms. The number of aryl methyl sites for hydroxylation is 1. The zero-order valence-corrected chi connectivity index (χ0v) is 12.6. The van der Waals surface area contributed by atoms with Crippen LogP contribution < -0.4 is 5.32 Å². The van der Waals surface area contributed by atoms with E-state index in [1.54, 1.807) is 0 Å². The number of fused-ring (bicyclic) bond motifs is 1. The summed E-state index contributed by atoms with van der Waals surface area (Å²) in [4.78, 5) is 0. The SMILES string of the molecule is CCCNCC1CCCC1c1cc2cccc(C)c2o1. The molecule has 0 amide bonds. The highest BCUT2D eigenvalue weighted by molar-refractivity contribution is 5.81. The number of para-hydroxylation sites is 1. The normalized spacial score (nSPS) is 22.7. The monoisotopic (exact) mass is 271 g/mol. The van der Waals surface area contributed by atoms with Gasteiger partial charge in [0, 0.05) is 11.3 Å². The van der Waals surface area contributed by atoms with Crippen molar-refractivity contribution in [1.82, 2.24) is 5.32 Å². The van der Waals surface area contributed by atoms with Gasteiger partial charge in [-0.1, -0.05) is 31.5 Å². The first-order chi connectivity index (χ1) is 9.79. The predicted molar refractivity (Wildman–Crippen MR) is 84.2 cm³/mol. The van der Waals surface area contributed by atoms with Crippen LogP contribution in [0.3, 0.4) is 0 Å². The van der Waals surface area contributed by atoms with Gasteiger partial charge in [0.15, 0.2) is 0 Å². The lowest BCUT2D eigenvalue weighted by molar-refractivity contribution is 0.391. The van der Waals surface area contributed by atoms with Crippen LogP contribution in [0.4, 0.5) is 0 Å². The molecule has 1 aliphatic carbocycles. The van der Waals surface area contributed by atoms with Gasteiger partial charge in [-0.25, -0.2) is 0 Å². The second kappa shape index (κ2) is 6.01. The molecule has 2 nitrogen and oxygen atoms in total. The number of rotatable bonds is 5. The highest BCUT2D eigenvalue weighted by Gasteiger charge is 2.30. The molecule has 2 aromatic rings. The number of hydrogen-bond acceptors (Lipinski definition) is 2. The summed E-state index contributed by atoms with van der Waals surface area (Å²) in [5.41, 5.74) is 2.32. The molecule has 2 atom stereocenters. The molecule has 1 heterocycles. The highest BCUT2D eigenvalue weighted by Crippen LogP contribution is 2.41. The van der Waals surface area contributed by atoms with Crippen molar-refractivity contribution in [2.45, 2.75) is 45.4 Å². The quantitative estimate of drug-likeness (QED) is 0.802. The molecule has 0 radical (unpaired) electrons. The summed E-state index contributed by atoms with van der Waals surface area (Å²) in [6, 6.07) is 8.68. The van der Waals surface area contributed by atoms with Gasteiger partial charge in [-0.2, -0.15) is 0 Å². The first kappa shape index (κ1) is 13.7. The van der Waals surface area contributed by atoms with Crippen LogP contribution in [0.15, 0.2) is 28.7 Å². The maximum Gasteiger partial charge on any atom is 0.137 e. The van der Waals surface area contributed by atoms with Gasteiger partial charge in [0.1, 0.15) is 11.3 Å². The molecule has 1 aliphatic rings. The largest absolute Gasteiger partial charge is 0.460 e. The summed E-state index contributed by atoms with van der Waals surface area (Å²) in [5.74, 6) is 2.55. The van der Waals surface area contributed by atoms with Crippen molar-refractivity contribution in [2.24, 2.45) is 5.92 Å². The molecule has 20 heavy (non-hydrogen) atoms. The third kappa shape index (κ3) is 2.62. The summed E-state index contributed by atoms with van der Waals surface area (Å²) >= 11 is 0. The lowest BCUT2D eigenvalue weighted by Gasteiger charge is -2.18. The molecule has 1 aromatic carbocycles. The first-order valence-electron chi connectivity index (χ1n) is 7.99. The van der Waals surface area contributed by atoms with Crippen molar-refractivity contribution in [3.8, 4) is 0 Å². The Morgan fingerprint density at radius 2 is 2.20 bits per heavy atom. The zero-order valence-electron chi connectivity index (χ0n) is 12.6. The molecule has 0 bridgehead atoms. The molecular formula is C18H25NO. The van der Waals surface area contributed by atoms with E-state index in [0.717, 1.165) is 24.6 Å². The number of hydrogen-bond donors (Lipinski definition) is 1. The van der Waals surface area contributed by atoms with Gasteiger partial charge >= 0.3 is 0 Å². The molecule has 3 rings (SSSR count). The average molecular weight is 271 g/mol. The zero-order chi connectivity index (χ0) is 13.9. The van der Waals surface area contributed by atoms with Crippen molar-refractivity contribution in [3.05, 3.63) is 35.6 Å². The third-order valence-electron chi connectivity index (χ3n) is 4.62. The average Bonchev–Trinajstić information content (AvgIpc) is 3.05. The van der Waals surface area contributed by atoms with Crippen molar-refractivity contribution in [3.63, 3.8) is 0 Å².